The predicted octanol–water partition coefficient (Wildman–Crippen LogP) is 2.68. The molecule has 2 heterocycles. The standard InChI is InChI=1S/C23H37O6.Rb/c1-13(2)16-11-18-23(7,29-18)10-8-9-14(3)20(26)15(4)21(27)22(5,6)17(24)12-19(25)28-16;/h1,14-18,20,24,26H,8-12H2,2-7H3;/t14-,15+,16-,17-,18-,20-,23+;/m0./s1. The summed E-state index contributed by atoms with van der Waals surface area (Å²) in [5.74, 6) is -1.41. The van der Waals surface area contributed by atoms with Crippen molar-refractivity contribution in [2.24, 2.45) is 17.3 Å². The van der Waals surface area contributed by atoms with Crippen molar-refractivity contribution in [3.63, 3.8) is 0 Å². The molecule has 0 aromatic heterocycles. The van der Waals surface area contributed by atoms with Gasteiger partial charge in [0.05, 0.1) is 0 Å². The number of epoxide rings is 1. The second-order valence-corrected chi connectivity index (χ2v) is 11.5. The molecule has 0 radical (unpaired) electrons. The van der Waals surface area contributed by atoms with Gasteiger partial charge in [-0.2, -0.15) is 0 Å². The first-order chi connectivity index (χ1) is 13.8. The molecule has 7 heteroatoms. The molecule has 6 nitrogen and oxygen atoms in total. The molecule has 166 valence electrons. The number of Topliss-reactive ketones (excluding diaryl/α,β-unsaturated/α-hetero) is 1. The Morgan fingerprint density at radius 2 is 1.83 bits per heavy atom. The number of rotatable bonds is 1. The van der Waals surface area contributed by atoms with Crippen LogP contribution in [0.1, 0.15) is 73.6 Å². The van der Waals surface area contributed by atoms with Crippen LogP contribution in [0, 0.1) is 17.3 Å². The number of aliphatic hydroxyl groups is 2. The summed E-state index contributed by atoms with van der Waals surface area (Å²) in [5.41, 5.74) is -0.351. The molecule has 2 aliphatic heterocycles. The number of esters is 1. The molecule has 0 aromatic carbocycles. The van der Waals surface area contributed by atoms with E-state index in [0.717, 1.165) is 24.8 Å². The van der Waals surface area contributed by atoms with Crippen LogP contribution >= 0.6 is 0 Å². The molecule has 0 saturated carbocycles. The van der Waals surface area contributed by atoms with Crippen LogP contribution in [0.5, 0.6) is 0 Å². The molecule has 30 heavy (non-hydrogen) atoms. The van der Waals surface area contributed by atoms with E-state index in [0.29, 0.717) is 62.0 Å². The summed E-state index contributed by atoms with van der Waals surface area (Å²) >= 11 is 0.324. The second-order valence-electron chi connectivity index (χ2n) is 10.1. The van der Waals surface area contributed by atoms with Crippen molar-refractivity contribution in [3.8, 4) is 0 Å². The zero-order valence-electron chi connectivity index (χ0n) is 19.6. The number of fused-ring (bicyclic) bond motifs is 1. The van der Waals surface area contributed by atoms with Crippen molar-refractivity contribution in [2.45, 2.75) is 104 Å². The van der Waals surface area contributed by atoms with Gasteiger partial charge in [-0.1, -0.05) is 0 Å². The van der Waals surface area contributed by atoms with E-state index in [2.05, 4.69) is 6.07 Å². The minimum atomic E-state index is -1.18. The molecule has 2 rings (SSSR count). The quantitative estimate of drug-likeness (QED) is 0.430. The van der Waals surface area contributed by atoms with Gasteiger partial charge in [-0.3, -0.25) is 0 Å². The van der Waals surface area contributed by atoms with Crippen molar-refractivity contribution < 1.29 is 29.3 Å². The summed E-state index contributed by atoms with van der Waals surface area (Å²) in [6, 6.07) is 0. The van der Waals surface area contributed by atoms with Crippen molar-refractivity contribution in [2.75, 3.05) is 0 Å². The van der Waals surface area contributed by atoms with Crippen LogP contribution < -0.4 is 0 Å². The number of hydrogen-bond donors (Lipinski definition) is 2. The molecule has 0 aromatic rings. The third-order valence-electron chi connectivity index (χ3n) is 7.37. The molecule has 2 saturated heterocycles. The van der Waals surface area contributed by atoms with Crippen LogP contribution in [0.2, 0.25) is 0 Å². The Bertz CT molecular complexity index is 675. The van der Waals surface area contributed by atoms with E-state index in [1.54, 1.807) is 20.8 Å². The summed E-state index contributed by atoms with van der Waals surface area (Å²) in [6.07, 6.45) is 0.629. The number of carbonyl (C=O) groups excluding carboxylic acids is 2. The number of cyclic esters (lactones) is 1. The predicted molar refractivity (Wildman–Crippen MR) is 115 cm³/mol. The summed E-state index contributed by atoms with van der Waals surface area (Å²) in [4.78, 5) is 25.7. The molecule has 7 atom stereocenters. The van der Waals surface area contributed by atoms with E-state index in [9.17, 15) is 19.8 Å². The number of hydrogen-bond acceptors (Lipinski definition) is 6. The summed E-state index contributed by atoms with van der Waals surface area (Å²) in [7, 11) is 0. The molecule has 2 N–H and O–H groups in total. The van der Waals surface area contributed by atoms with Gasteiger partial charge in [-0.25, -0.2) is 0 Å². The number of aliphatic hydroxyl groups excluding tert-OH is 2. The van der Waals surface area contributed by atoms with Crippen molar-refractivity contribution in [1.29, 1.82) is 0 Å². The molecule has 2 fully saturated rings. The van der Waals surface area contributed by atoms with Gasteiger partial charge < -0.3 is 0 Å². The minimum absolute atomic E-state index is 0.0374. The van der Waals surface area contributed by atoms with E-state index in [4.69, 9.17) is 9.47 Å². The fourth-order valence-corrected chi connectivity index (χ4v) is 5.39. The second kappa shape index (κ2) is 10.7. The van der Waals surface area contributed by atoms with E-state index >= 15 is 0 Å². The number of ketones is 1. The van der Waals surface area contributed by atoms with Gasteiger partial charge in [-0.05, 0) is 0 Å². The van der Waals surface area contributed by atoms with Crippen LogP contribution in [-0.4, -0.2) is 108 Å². The molecular weight excluding hydrogens is 458 g/mol. The van der Waals surface area contributed by atoms with Gasteiger partial charge in [0.1, 0.15) is 0 Å². The molecule has 2 aliphatic rings. The topological polar surface area (TPSA) is 96.4 Å². The molecular formula is C23H37O6Rb. The molecule has 0 aliphatic carbocycles. The Balaban J connectivity index is 2.26. The zero-order chi connectivity index (χ0) is 22.9. The maximum absolute atomic E-state index is 13.1. The monoisotopic (exact) mass is 494 g/mol. The molecule has 0 bridgehead atoms. The van der Waals surface area contributed by atoms with Gasteiger partial charge in [-0.15, -0.1) is 0 Å². The van der Waals surface area contributed by atoms with Crippen LogP contribution in [0.25, 0.3) is 0 Å². The van der Waals surface area contributed by atoms with E-state index in [1.807, 2.05) is 13.8 Å². The van der Waals surface area contributed by atoms with E-state index < -0.39 is 29.5 Å². The van der Waals surface area contributed by atoms with Crippen LogP contribution in [0.3, 0.4) is 0 Å². The van der Waals surface area contributed by atoms with Crippen LogP contribution in [-0.2, 0) is 19.1 Å². The van der Waals surface area contributed by atoms with Crippen LogP contribution in [0.4, 0.5) is 0 Å². The van der Waals surface area contributed by atoms with Gasteiger partial charge in [0.2, 0.25) is 0 Å². The van der Waals surface area contributed by atoms with Gasteiger partial charge >= 0.3 is 222 Å². The summed E-state index contributed by atoms with van der Waals surface area (Å²) in [6.45, 7) is 11.0. The summed E-state index contributed by atoms with van der Waals surface area (Å²) in [5, 5.41) is 21.4. The molecule has 0 unspecified atom stereocenters. The average molecular weight is 495 g/mol. The van der Waals surface area contributed by atoms with E-state index in [1.165, 1.54) is 0 Å². The maximum atomic E-state index is 13.1. The first kappa shape index (κ1) is 26.8. The third kappa shape index (κ3) is 6.33. The molecule has 0 amide bonds. The average Bonchev–Trinajstić information content (AvgIpc) is 3.32. The Labute approximate surface area is 219 Å². The SMILES string of the molecule is C/C(=[CH]\[Rb])[C@@H]1C[C@@H]2O[C@]2(C)CCC[C@H](C)[C@H](O)[C@@H](C)C(=O)C(C)(C)[C@@H](O)CC(=O)O1. The third-order valence-corrected chi connectivity index (χ3v) is 9.61. The van der Waals surface area contributed by atoms with Crippen molar-refractivity contribution in [1.82, 2.24) is 0 Å². The zero-order valence-corrected chi connectivity index (χ0v) is 24.5. The van der Waals surface area contributed by atoms with Crippen LogP contribution in [0.15, 0.2) is 4.72 Å². The van der Waals surface area contributed by atoms with Gasteiger partial charge in [0, 0.05) is 0 Å². The number of carbonyl (C=O) groups is 2. The Morgan fingerprint density at radius 3 is 2.43 bits per heavy atom. The van der Waals surface area contributed by atoms with E-state index in [-0.39, 0.29) is 35.9 Å². The Hall–Kier alpha value is 0.565. The normalized spacial score (nSPS) is 41.7. The fraction of sp³-hybridized carbons (Fsp3) is 0.826. The van der Waals surface area contributed by atoms with Crippen molar-refractivity contribution >= 4 is 67.3 Å². The molecule has 0 spiro atoms. The Morgan fingerprint density at radius 1 is 1.20 bits per heavy atom. The van der Waals surface area contributed by atoms with Crippen molar-refractivity contribution in [3.05, 3.63) is 4.72 Å². The number of ether oxygens (including phenoxy) is 2. The Kier molecular flexibility index (Phi) is 9.53. The first-order valence-electron chi connectivity index (χ1n) is 11.2. The summed E-state index contributed by atoms with van der Waals surface area (Å²) < 4.78 is 13.8. The van der Waals surface area contributed by atoms with Gasteiger partial charge in [0.15, 0.2) is 0 Å². The fourth-order valence-electron chi connectivity index (χ4n) is 4.48. The van der Waals surface area contributed by atoms with Gasteiger partial charge in [0.25, 0.3) is 0 Å². The first-order valence-corrected chi connectivity index (χ1v) is 14.1.